The van der Waals surface area contributed by atoms with Crippen molar-refractivity contribution in [3.63, 3.8) is 0 Å². The molecule has 0 aliphatic carbocycles. The summed E-state index contributed by atoms with van der Waals surface area (Å²) in [5, 5.41) is 0. The van der Waals surface area contributed by atoms with Crippen LogP contribution in [-0.4, -0.2) is 70.7 Å². The summed E-state index contributed by atoms with van der Waals surface area (Å²) in [4.78, 5) is 25.3. The predicted octanol–water partition coefficient (Wildman–Crippen LogP) is 10.9. The molecule has 0 saturated carbocycles. The molecule has 0 heterocycles. The van der Waals surface area contributed by atoms with E-state index < -0.39 is 13.9 Å². The fourth-order valence-electron chi connectivity index (χ4n) is 5.88. The molecule has 0 saturated heterocycles. The Labute approximate surface area is 304 Å². The van der Waals surface area contributed by atoms with E-state index in [1.165, 1.54) is 135 Å². The van der Waals surface area contributed by atoms with Crippen LogP contribution < -0.4 is 4.89 Å². The van der Waals surface area contributed by atoms with Crippen molar-refractivity contribution in [1.82, 2.24) is 0 Å². The number of ether oxygens (including phenoxy) is 2. The highest BCUT2D eigenvalue weighted by molar-refractivity contribution is 7.45. The first-order valence-electron chi connectivity index (χ1n) is 20.7. The van der Waals surface area contributed by atoms with Gasteiger partial charge in [0.1, 0.15) is 19.3 Å². The van der Waals surface area contributed by atoms with Crippen LogP contribution in [-0.2, 0) is 27.9 Å². The van der Waals surface area contributed by atoms with Crippen molar-refractivity contribution in [3.05, 3.63) is 0 Å². The number of hydrogen-bond donors (Lipinski definition) is 0. The third kappa shape index (κ3) is 35.7. The Kier molecular flexibility index (Phi) is 33.0. The molecule has 0 fully saturated rings. The fourth-order valence-corrected chi connectivity index (χ4v) is 6.61. The Hall–Kier alpha value is -0.500. The molecule has 0 spiro atoms. The van der Waals surface area contributed by atoms with Crippen molar-refractivity contribution >= 4 is 13.8 Å². The molecule has 3 atom stereocenters. The molecule has 294 valence electrons. The van der Waals surface area contributed by atoms with E-state index in [9.17, 15) is 14.3 Å². The van der Waals surface area contributed by atoms with Crippen LogP contribution in [0.2, 0.25) is 0 Å². The van der Waals surface area contributed by atoms with Gasteiger partial charge in [-0.05, 0) is 12.8 Å². The number of unbranched alkanes of at least 4 members (excludes halogenated alkanes) is 23. The van der Waals surface area contributed by atoms with Crippen molar-refractivity contribution in [3.8, 4) is 0 Å². The minimum atomic E-state index is -4.52. The number of phosphoric acid groups is 1. The summed E-state index contributed by atoms with van der Waals surface area (Å²) in [5.74, 6) is -0.584. The summed E-state index contributed by atoms with van der Waals surface area (Å²) in [7, 11) is 1.36. The van der Waals surface area contributed by atoms with Crippen LogP contribution in [0, 0.1) is 5.92 Å². The van der Waals surface area contributed by atoms with Crippen LogP contribution in [0.1, 0.15) is 188 Å². The number of esters is 1. The molecule has 0 aliphatic heterocycles. The number of quaternary nitrogens is 1. The second-order valence-electron chi connectivity index (χ2n) is 15.5. The first kappa shape index (κ1) is 48.5. The lowest BCUT2D eigenvalue weighted by Gasteiger charge is -2.28. The molecule has 8 nitrogen and oxygen atoms in total. The third-order valence-electron chi connectivity index (χ3n) is 9.30. The summed E-state index contributed by atoms with van der Waals surface area (Å²) in [6, 6.07) is 0. The Morgan fingerprint density at radius 3 is 1.43 bits per heavy atom. The highest BCUT2D eigenvalue weighted by Crippen LogP contribution is 2.38. The van der Waals surface area contributed by atoms with Crippen molar-refractivity contribution in [2.75, 3.05) is 54.1 Å². The van der Waals surface area contributed by atoms with Crippen LogP contribution in [0.4, 0.5) is 0 Å². The average molecular weight is 720 g/mol. The summed E-state index contributed by atoms with van der Waals surface area (Å²) >= 11 is 0. The summed E-state index contributed by atoms with van der Waals surface area (Å²) in [6.45, 7) is 7.31. The fraction of sp³-hybridized carbons (Fsp3) is 0.975. The molecule has 0 aromatic carbocycles. The van der Waals surface area contributed by atoms with E-state index in [2.05, 4.69) is 13.8 Å². The molecule has 0 bridgehead atoms. The number of likely N-dealkylation sites (N-methyl/N-ethyl adjacent to an activating group) is 1. The molecule has 0 N–H and O–H groups in total. The number of rotatable bonds is 38. The lowest BCUT2D eigenvalue weighted by atomic mass is 10.0. The average Bonchev–Trinajstić information content (AvgIpc) is 3.04. The Morgan fingerprint density at radius 1 is 0.592 bits per heavy atom. The lowest BCUT2D eigenvalue weighted by Crippen LogP contribution is -2.37. The maximum atomic E-state index is 12.9. The van der Waals surface area contributed by atoms with Crippen LogP contribution >= 0.6 is 7.82 Å². The van der Waals surface area contributed by atoms with Gasteiger partial charge in [-0.25, -0.2) is 0 Å². The van der Waals surface area contributed by atoms with Crippen molar-refractivity contribution in [2.24, 2.45) is 5.92 Å². The standard InChI is InChI=1S/C40H82NO7P/c1-7-9-11-13-15-17-19-20-21-23-25-27-29-31-34-45-36-39(37-47-49(43,44)46-35-33-41(4,5)6)48-40(42)38(3)32-30-28-26-24-22-18-16-14-12-10-8-2/h38-39H,7-37H2,1-6H3/t38-,39-/m0/s1. The van der Waals surface area contributed by atoms with Gasteiger partial charge >= 0.3 is 5.97 Å². The van der Waals surface area contributed by atoms with Gasteiger partial charge in [0.15, 0.2) is 0 Å². The highest BCUT2D eigenvalue weighted by Gasteiger charge is 2.23. The van der Waals surface area contributed by atoms with Gasteiger partial charge in [0.05, 0.1) is 40.3 Å². The van der Waals surface area contributed by atoms with Gasteiger partial charge in [-0.1, -0.05) is 175 Å². The quantitative estimate of drug-likeness (QED) is 0.0271. The zero-order valence-electron chi connectivity index (χ0n) is 33.3. The van der Waals surface area contributed by atoms with Crippen LogP contribution in [0.3, 0.4) is 0 Å². The van der Waals surface area contributed by atoms with E-state index in [1.807, 2.05) is 28.1 Å². The molecule has 0 aliphatic rings. The van der Waals surface area contributed by atoms with Gasteiger partial charge in [0.2, 0.25) is 0 Å². The molecule has 49 heavy (non-hydrogen) atoms. The molecule has 0 aromatic heterocycles. The number of carbonyl (C=O) groups is 1. The number of phosphoric ester groups is 1. The lowest BCUT2D eigenvalue weighted by molar-refractivity contribution is -0.870. The van der Waals surface area contributed by atoms with Crippen LogP contribution in [0.25, 0.3) is 0 Å². The summed E-state index contributed by atoms with van der Waals surface area (Å²) in [6.07, 6.45) is 32.0. The summed E-state index contributed by atoms with van der Waals surface area (Å²) < 4.78 is 34.7. The van der Waals surface area contributed by atoms with Gasteiger partial charge < -0.3 is 27.9 Å². The van der Waals surface area contributed by atoms with Gasteiger partial charge in [-0.2, -0.15) is 0 Å². The number of nitrogens with zero attached hydrogens (tertiary/aromatic N) is 1. The molecule has 0 aromatic rings. The van der Waals surface area contributed by atoms with Gasteiger partial charge in [-0.3, -0.25) is 9.36 Å². The maximum Gasteiger partial charge on any atom is 0.309 e. The largest absolute Gasteiger partial charge is 0.756 e. The molecular formula is C40H82NO7P. The van der Waals surface area contributed by atoms with Crippen LogP contribution in [0.5, 0.6) is 0 Å². The van der Waals surface area contributed by atoms with E-state index in [1.54, 1.807) is 0 Å². The molecule has 0 amide bonds. The van der Waals surface area contributed by atoms with E-state index in [4.69, 9.17) is 18.5 Å². The van der Waals surface area contributed by atoms with Gasteiger partial charge in [0.25, 0.3) is 7.82 Å². The van der Waals surface area contributed by atoms with Gasteiger partial charge in [0, 0.05) is 6.61 Å². The Morgan fingerprint density at radius 2 is 1.00 bits per heavy atom. The SMILES string of the molecule is CCCCCCCCCCCCCCCCOC[C@@H](COP(=O)([O-])OCC[N+](C)(C)C)OC(=O)[C@@H](C)CCCCCCCCCCCCC. The molecule has 0 radical (unpaired) electrons. The highest BCUT2D eigenvalue weighted by atomic mass is 31.2. The minimum Gasteiger partial charge on any atom is -0.756 e. The second kappa shape index (κ2) is 33.3. The third-order valence-corrected chi connectivity index (χ3v) is 10.3. The smallest absolute Gasteiger partial charge is 0.309 e. The topological polar surface area (TPSA) is 94.1 Å². The predicted molar refractivity (Wildman–Crippen MR) is 204 cm³/mol. The molecule has 0 rings (SSSR count). The normalized spacial score (nSPS) is 14.5. The van der Waals surface area contributed by atoms with E-state index >= 15 is 0 Å². The first-order valence-corrected chi connectivity index (χ1v) is 22.2. The molecular weight excluding hydrogens is 637 g/mol. The minimum absolute atomic E-state index is 0.0281. The maximum absolute atomic E-state index is 12.9. The number of carbonyl (C=O) groups excluding carboxylic acids is 1. The van der Waals surface area contributed by atoms with E-state index in [-0.39, 0.29) is 31.7 Å². The van der Waals surface area contributed by atoms with Crippen LogP contribution in [0.15, 0.2) is 0 Å². The van der Waals surface area contributed by atoms with Crippen molar-refractivity contribution < 1.29 is 37.3 Å². The Balaban J connectivity index is 4.37. The molecule has 1 unspecified atom stereocenters. The van der Waals surface area contributed by atoms with Crippen molar-refractivity contribution in [2.45, 2.75) is 194 Å². The van der Waals surface area contributed by atoms with E-state index in [0.717, 1.165) is 32.1 Å². The Bertz CT molecular complexity index is 776. The zero-order valence-corrected chi connectivity index (χ0v) is 34.2. The van der Waals surface area contributed by atoms with Crippen molar-refractivity contribution in [1.29, 1.82) is 0 Å². The monoisotopic (exact) mass is 720 g/mol. The second-order valence-corrected chi connectivity index (χ2v) is 17.0. The first-order chi connectivity index (χ1) is 23.5. The summed E-state index contributed by atoms with van der Waals surface area (Å²) in [5.41, 5.74) is 0. The number of hydrogen-bond acceptors (Lipinski definition) is 7. The zero-order chi connectivity index (χ0) is 36.5. The van der Waals surface area contributed by atoms with E-state index in [0.29, 0.717) is 17.6 Å². The molecule has 9 heteroatoms. The van der Waals surface area contributed by atoms with Gasteiger partial charge in [-0.15, -0.1) is 0 Å².